The highest BCUT2D eigenvalue weighted by atomic mass is 79.9. The van der Waals surface area contributed by atoms with Gasteiger partial charge in [-0.15, -0.1) is 0 Å². The number of carbonyl (C=O) groups is 1. The van der Waals surface area contributed by atoms with Crippen LogP contribution in [0.2, 0.25) is 0 Å². The van der Waals surface area contributed by atoms with Crippen LogP contribution in [0.4, 0.5) is 5.69 Å². The summed E-state index contributed by atoms with van der Waals surface area (Å²) in [5.41, 5.74) is 1.63. The first-order valence-electron chi connectivity index (χ1n) is 4.07. The van der Waals surface area contributed by atoms with Gasteiger partial charge in [-0.3, -0.25) is 4.79 Å². The molecule has 0 radical (unpaired) electrons. The summed E-state index contributed by atoms with van der Waals surface area (Å²) in [4.78, 5) is 10.9. The first-order chi connectivity index (χ1) is 6.66. The normalized spacial score (nSPS) is 10.4. The largest absolute Gasteiger partial charge is 0.324 e. The van der Waals surface area contributed by atoms with Crippen molar-refractivity contribution in [2.75, 3.05) is 5.32 Å². The van der Waals surface area contributed by atoms with Crippen LogP contribution in [0.15, 0.2) is 29.0 Å². The second-order valence-corrected chi connectivity index (χ2v) is 3.83. The minimum atomic E-state index is -0.0915. The van der Waals surface area contributed by atoms with Gasteiger partial charge < -0.3 is 5.32 Å². The lowest BCUT2D eigenvalue weighted by Gasteiger charge is -2.04. The molecule has 0 saturated carbocycles. The van der Waals surface area contributed by atoms with E-state index in [0.717, 1.165) is 15.7 Å². The number of hydrogen-bond donors (Lipinski definition) is 1. The molecule has 0 aliphatic carbocycles. The van der Waals surface area contributed by atoms with E-state index in [2.05, 4.69) is 26.3 Å². The van der Waals surface area contributed by atoms with E-state index < -0.39 is 0 Å². The van der Waals surface area contributed by atoms with Crippen molar-refractivity contribution in [1.29, 1.82) is 0 Å². The van der Waals surface area contributed by atoms with Gasteiger partial charge in [0.2, 0.25) is 5.91 Å². The lowest BCUT2D eigenvalue weighted by Crippen LogP contribution is -2.07. The molecule has 0 bridgehead atoms. The van der Waals surface area contributed by atoms with Crippen LogP contribution in [0.5, 0.6) is 0 Å². The van der Waals surface area contributed by atoms with Crippen LogP contribution in [0.1, 0.15) is 6.92 Å². The highest BCUT2D eigenvalue weighted by molar-refractivity contribution is 9.10. The molecule has 5 heteroatoms. The number of halogens is 1. The first kappa shape index (κ1) is 9.21. The van der Waals surface area contributed by atoms with E-state index in [1.54, 1.807) is 10.7 Å². The van der Waals surface area contributed by atoms with Crippen molar-refractivity contribution in [2.24, 2.45) is 0 Å². The van der Waals surface area contributed by atoms with Gasteiger partial charge >= 0.3 is 0 Å². The van der Waals surface area contributed by atoms with Gasteiger partial charge in [0.25, 0.3) is 0 Å². The van der Waals surface area contributed by atoms with Crippen LogP contribution in [0, 0.1) is 0 Å². The van der Waals surface area contributed by atoms with E-state index in [4.69, 9.17) is 0 Å². The predicted octanol–water partition coefficient (Wildman–Crippen LogP) is 2.06. The number of aromatic nitrogens is 2. The molecule has 0 aliphatic heterocycles. The molecule has 2 aromatic rings. The van der Waals surface area contributed by atoms with Crippen LogP contribution in [0.3, 0.4) is 0 Å². The Morgan fingerprint density at radius 1 is 1.64 bits per heavy atom. The zero-order valence-corrected chi connectivity index (χ0v) is 9.08. The Morgan fingerprint density at radius 2 is 2.43 bits per heavy atom. The van der Waals surface area contributed by atoms with Crippen molar-refractivity contribution in [3.05, 3.63) is 29.0 Å². The molecule has 4 nitrogen and oxygen atoms in total. The standard InChI is InChI=1S/C9H8BrN3O/c1-6(14)12-8-4-7(10)5-13-9(8)2-3-11-13/h2-5H,1H3,(H,12,14). The van der Waals surface area contributed by atoms with E-state index >= 15 is 0 Å². The molecule has 0 unspecified atom stereocenters. The number of anilines is 1. The van der Waals surface area contributed by atoms with Crippen molar-refractivity contribution >= 4 is 33.0 Å². The zero-order chi connectivity index (χ0) is 10.1. The Bertz CT molecular complexity index is 492. The minimum absolute atomic E-state index is 0.0915. The molecule has 0 aliphatic rings. The maximum Gasteiger partial charge on any atom is 0.221 e. The molecule has 0 saturated heterocycles. The smallest absolute Gasteiger partial charge is 0.221 e. The molecule has 2 aromatic heterocycles. The SMILES string of the molecule is CC(=O)Nc1cc(Br)cn2nccc12. The third kappa shape index (κ3) is 1.63. The number of amides is 1. The molecule has 2 rings (SSSR count). The van der Waals surface area contributed by atoms with Crippen LogP contribution in [0.25, 0.3) is 5.52 Å². The van der Waals surface area contributed by atoms with E-state index in [9.17, 15) is 4.79 Å². The van der Waals surface area contributed by atoms with Gasteiger partial charge in [-0.2, -0.15) is 5.10 Å². The number of nitrogens with one attached hydrogen (secondary N) is 1. The molecule has 0 aromatic carbocycles. The average molecular weight is 254 g/mol. The minimum Gasteiger partial charge on any atom is -0.324 e. The molecule has 0 atom stereocenters. The van der Waals surface area contributed by atoms with E-state index in [-0.39, 0.29) is 5.91 Å². The van der Waals surface area contributed by atoms with Crippen LogP contribution in [-0.4, -0.2) is 15.5 Å². The Labute approximate surface area is 89.0 Å². The van der Waals surface area contributed by atoms with Gasteiger partial charge in [0.05, 0.1) is 17.4 Å². The van der Waals surface area contributed by atoms with Crippen LogP contribution < -0.4 is 5.32 Å². The van der Waals surface area contributed by atoms with E-state index in [1.807, 2.05) is 18.3 Å². The predicted molar refractivity (Wildman–Crippen MR) is 57.2 cm³/mol. The highest BCUT2D eigenvalue weighted by Gasteiger charge is 2.04. The fraction of sp³-hybridized carbons (Fsp3) is 0.111. The van der Waals surface area contributed by atoms with Crippen LogP contribution in [-0.2, 0) is 4.79 Å². The quantitative estimate of drug-likeness (QED) is 0.846. The summed E-state index contributed by atoms with van der Waals surface area (Å²) in [7, 11) is 0. The summed E-state index contributed by atoms with van der Waals surface area (Å²) in [6.07, 6.45) is 3.52. The third-order valence-corrected chi connectivity index (χ3v) is 2.22. The Kier molecular flexibility index (Phi) is 2.25. The molecular weight excluding hydrogens is 246 g/mol. The van der Waals surface area contributed by atoms with Gasteiger partial charge in [0.15, 0.2) is 0 Å². The molecule has 2 heterocycles. The lowest BCUT2D eigenvalue weighted by molar-refractivity contribution is -0.114. The van der Waals surface area contributed by atoms with Crippen LogP contribution >= 0.6 is 15.9 Å². The lowest BCUT2D eigenvalue weighted by atomic mass is 10.3. The Hall–Kier alpha value is -1.36. The maximum absolute atomic E-state index is 10.9. The summed E-state index contributed by atoms with van der Waals surface area (Å²) < 4.78 is 2.58. The third-order valence-electron chi connectivity index (χ3n) is 1.78. The summed E-state index contributed by atoms with van der Waals surface area (Å²) >= 11 is 3.35. The van der Waals surface area contributed by atoms with Gasteiger partial charge in [-0.25, -0.2) is 4.52 Å². The second-order valence-electron chi connectivity index (χ2n) is 2.91. The monoisotopic (exact) mass is 253 g/mol. The zero-order valence-electron chi connectivity index (χ0n) is 7.49. The molecular formula is C9H8BrN3O. The van der Waals surface area contributed by atoms with Crippen molar-refractivity contribution in [2.45, 2.75) is 6.92 Å². The number of carbonyl (C=O) groups excluding carboxylic acids is 1. The number of hydrogen-bond acceptors (Lipinski definition) is 2. The average Bonchev–Trinajstić information content (AvgIpc) is 2.50. The number of nitrogens with zero attached hydrogens (tertiary/aromatic N) is 2. The van der Waals surface area contributed by atoms with E-state index in [0.29, 0.717) is 0 Å². The number of fused-ring (bicyclic) bond motifs is 1. The fourth-order valence-electron chi connectivity index (χ4n) is 1.29. The molecule has 0 spiro atoms. The van der Waals surface area contributed by atoms with Gasteiger partial charge in [0, 0.05) is 17.6 Å². The Balaban J connectivity index is 2.60. The number of rotatable bonds is 1. The fourth-order valence-corrected chi connectivity index (χ4v) is 1.71. The molecule has 1 amide bonds. The summed E-state index contributed by atoms with van der Waals surface area (Å²) in [5.74, 6) is -0.0915. The Morgan fingerprint density at radius 3 is 3.14 bits per heavy atom. The van der Waals surface area contributed by atoms with Crippen molar-refractivity contribution in [3.8, 4) is 0 Å². The topological polar surface area (TPSA) is 46.4 Å². The van der Waals surface area contributed by atoms with E-state index in [1.165, 1.54) is 6.92 Å². The van der Waals surface area contributed by atoms with Crippen molar-refractivity contribution in [1.82, 2.24) is 9.61 Å². The summed E-state index contributed by atoms with van der Waals surface area (Å²) in [5, 5.41) is 6.83. The molecule has 1 N–H and O–H groups in total. The second kappa shape index (κ2) is 3.42. The molecule has 14 heavy (non-hydrogen) atoms. The number of pyridine rings is 1. The molecule has 0 fully saturated rings. The highest BCUT2D eigenvalue weighted by Crippen LogP contribution is 2.21. The maximum atomic E-state index is 10.9. The summed E-state index contributed by atoms with van der Waals surface area (Å²) in [6, 6.07) is 3.69. The first-order valence-corrected chi connectivity index (χ1v) is 4.86. The van der Waals surface area contributed by atoms with Crippen molar-refractivity contribution in [3.63, 3.8) is 0 Å². The van der Waals surface area contributed by atoms with Gasteiger partial charge in [-0.1, -0.05) is 0 Å². The summed E-state index contributed by atoms with van der Waals surface area (Å²) in [6.45, 7) is 1.48. The van der Waals surface area contributed by atoms with Gasteiger partial charge in [0.1, 0.15) is 0 Å². The van der Waals surface area contributed by atoms with Gasteiger partial charge in [-0.05, 0) is 28.1 Å². The van der Waals surface area contributed by atoms with Crippen molar-refractivity contribution < 1.29 is 4.79 Å². The molecule has 72 valence electrons.